The molecule has 1 fully saturated rings. The summed E-state index contributed by atoms with van der Waals surface area (Å²) in [6, 6.07) is 6.60. The van der Waals surface area contributed by atoms with Crippen LogP contribution in [0.1, 0.15) is 25.8 Å². The van der Waals surface area contributed by atoms with Gasteiger partial charge in [0.05, 0.1) is 17.4 Å². The van der Waals surface area contributed by atoms with Crippen molar-refractivity contribution in [1.29, 1.82) is 0 Å². The third-order valence-electron chi connectivity index (χ3n) is 3.34. The van der Waals surface area contributed by atoms with Crippen LogP contribution in [0.15, 0.2) is 24.5 Å². The molecule has 0 unspecified atom stereocenters. The Morgan fingerprint density at radius 2 is 2.20 bits per heavy atom. The van der Waals surface area contributed by atoms with Crippen molar-refractivity contribution in [3.8, 4) is 0 Å². The minimum Gasteiger partial charge on any atom is -0.399 e. The lowest BCUT2D eigenvalue weighted by Crippen LogP contribution is -2.23. The average molecular weight is 201 g/mol. The van der Waals surface area contributed by atoms with Gasteiger partial charge in [0, 0.05) is 11.7 Å². The van der Waals surface area contributed by atoms with E-state index in [9.17, 15) is 0 Å². The number of benzene rings is 1. The number of fused-ring (bicyclic) bond motifs is 1. The number of nitrogen functional groups attached to an aromatic ring is 1. The molecule has 0 aliphatic heterocycles. The Kier molecular flexibility index (Phi) is 1.75. The fourth-order valence-corrected chi connectivity index (χ4v) is 2.43. The molecule has 3 heteroatoms. The van der Waals surface area contributed by atoms with E-state index in [1.807, 2.05) is 18.5 Å². The van der Waals surface area contributed by atoms with E-state index < -0.39 is 0 Å². The second-order valence-corrected chi connectivity index (χ2v) is 4.63. The van der Waals surface area contributed by atoms with E-state index in [1.165, 1.54) is 18.4 Å². The lowest BCUT2D eigenvalue weighted by atomic mass is 9.81. The third kappa shape index (κ3) is 1.30. The molecule has 1 aromatic carbocycles. The first kappa shape index (κ1) is 8.77. The summed E-state index contributed by atoms with van der Waals surface area (Å²) in [5.41, 5.74) is 8.73. The summed E-state index contributed by atoms with van der Waals surface area (Å²) in [6.45, 7) is 2.30. The molecule has 0 saturated heterocycles. The van der Waals surface area contributed by atoms with Crippen molar-refractivity contribution < 1.29 is 0 Å². The predicted molar refractivity (Wildman–Crippen MR) is 61.6 cm³/mol. The molecule has 1 saturated carbocycles. The minimum absolute atomic E-state index is 0.647. The molecule has 1 aliphatic rings. The zero-order valence-corrected chi connectivity index (χ0v) is 8.85. The summed E-state index contributed by atoms with van der Waals surface area (Å²) in [5, 5.41) is 0. The van der Waals surface area contributed by atoms with Crippen LogP contribution >= 0.6 is 0 Å². The fraction of sp³-hybridized carbons (Fsp3) is 0.417. The second-order valence-electron chi connectivity index (χ2n) is 4.63. The highest BCUT2D eigenvalue weighted by Crippen LogP contribution is 2.38. The summed E-state index contributed by atoms with van der Waals surface area (Å²) >= 11 is 0. The maximum absolute atomic E-state index is 5.73. The van der Waals surface area contributed by atoms with Gasteiger partial charge in [-0.2, -0.15) is 0 Å². The first-order valence-electron chi connectivity index (χ1n) is 5.46. The monoisotopic (exact) mass is 201 g/mol. The van der Waals surface area contributed by atoms with Gasteiger partial charge in [-0.05, 0) is 37.0 Å². The maximum atomic E-state index is 5.73. The molecule has 0 radical (unpaired) electrons. The van der Waals surface area contributed by atoms with E-state index in [1.54, 1.807) is 0 Å². The van der Waals surface area contributed by atoms with Crippen LogP contribution < -0.4 is 5.73 Å². The van der Waals surface area contributed by atoms with Crippen molar-refractivity contribution in [1.82, 2.24) is 9.55 Å². The van der Waals surface area contributed by atoms with Crippen molar-refractivity contribution in [2.75, 3.05) is 5.73 Å². The lowest BCUT2D eigenvalue weighted by Gasteiger charge is -2.34. The Balaban J connectivity index is 2.05. The molecule has 1 aromatic heterocycles. The van der Waals surface area contributed by atoms with Gasteiger partial charge in [0.2, 0.25) is 0 Å². The van der Waals surface area contributed by atoms with E-state index in [0.29, 0.717) is 6.04 Å². The van der Waals surface area contributed by atoms with Crippen LogP contribution in [0.25, 0.3) is 11.0 Å². The molecule has 78 valence electrons. The molecule has 0 amide bonds. The van der Waals surface area contributed by atoms with Crippen LogP contribution in [0, 0.1) is 5.92 Å². The second kappa shape index (κ2) is 2.99. The third-order valence-corrected chi connectivity index (χ3v) is 3.34. The molecule has 1 heterocycles. The molecule has 0 bridgehead atoms. The summed E-state index contributed by atoms with van der Waals surface area (Å²) in [6.07, 6.45) is 4.49. The standard InChI is InChI=1S/C12H15N3/c1-8-4-10(5-8)15-7-14-11-6-9(13)2-3-12(11)15/h2-3,6-8,10H,4-5,13H2,1H3. The van der Waals surface area contributed by atoms with Crippen molar-refractivity contribution >= 4 is 16.7 Å². The summed E-state index contributed by atoms with van der Waals surface area (Å²) in [4.78, 5) is 4.39. The Bertz CT molecular complexity index is 495. The topological polar surface area (TPSA) is 43.8 Å². The van der Waals surface area contributed by atoms with Gasteiger partial charge in [-0.25, -0.2) is 4.98 Å². The molecule has 3 rings (SSSR count). The number of nitrogens with zero attached hydrogens (tertiary/aromatic N) is 2. The molecule has 0 spiro atoms. The van der Waals surface area contributed by atoms with Crippen molar-refractivity contribution in [2.45, 2.75) is 25.8 Å². The van der Waals surface area contributed by atoms with E-state index in [0.717, 1.165) is 17.1 Å². The molecule has 0 atom stereocenters. The quantitative estimate of drug-likeness (QED) is 0.721. The number of hydrogen-bond acceptors (Lipinski definition) is 2. The molecule has 15 heavy (non-hydrogen) atoms. The van der Waals surface area contributed by atoms with Gasteiger partial charge < -0.3 is 10.3 Å². The van der Waals surface area contributed by atoms with Crippen molar-refractivity contribution in [2.24, 2.45) is 5.92 Å². The highest BCUT2D eigenvalue weighted by Gasteiger charge is 2.27. The Hall–Kier alpha value is -1.51. The predicted octanol–water partition coefficient (Wildman–Crippen LogP) is 2.59. The van der Waals surface area contributed by atoms with Crippen molar-refractivity contribution in [3.05, 3.63) is 24.5 Å². The van der Waals surface area contributed by atoms with Crippen molar-refractivity contribution in [3.63, 3.8) is 0 Å². The van der Waals surface area contributed by atoms with E-state index in [-0.39, 0.29) is 0 Å². The zero-order chi connectivity index (χ0) is 10.4. The molecule has 1 aliphatic carbocycles. The molecular formula is C12H15N3. The van der Waals surface area contributed by atoms with Gasteiger partial charge in [0.1, 0.15) is 0 Å². The largest absolute Gasteiger partial charge is 0.399 e. The summed E-state index contributed by atoms with van der Waals surface area (Å²) in [7, 11) is 0. The van der Waals surface area contributed by atoms with Gasteiger partial charge in [0.15, 0.2) is 0 Å². The Morgan fingerprint density at radius 1 is 1.40 bits per heavy atom. The van der Waals surface area contributed by atoms with Gasteiger partial charge in [-0.3, -0.25) is 0 Å². The molecular weight excluding hydrogens is 186 g/mol. The van der Waals surface area contributed by atoms with Gasteiger partial charge in [-0.15, -0.1) is 0 Å². The van der Waals surface area contributed by atoms with Crippen LogP contribution in [-0.2, 0) is 0 Å². The highest BCUT2D eigenvalue weighted by atomic mass is 15.1. The molecule has 2 aromatic rings. The SMILES string of the molecule is CC1CC(n2cnc3cc(N)ccc32)C1. The normalized spacial score (nSPS) is 25.4. The number of imidazole rings is 1. The Labute approximate surface area is 88.9 Å². The first-order valence-corrected chi connectivity index (χ1v) is 5.46. The van der Waals surface area contributed by atoms with Crippen LogP contribution in [0.4, 0.5) is 5.69 Å². The highest BCUT2D eigenvalue weighted by molar-refractivity contribution is 5.79. The number of rotatable bonds is 1. The number of hydrogen-bond donors (Lipinski definition) is 1. The number of nitrogens with two attached hydrogens (primary N) is 1. The van der Waals surface area contributed by atoms with E-state index >= 15 is 0 Å². The Morgan fingerprint density at radius 3 is 2.93 bits per heavy atom. The number of anilines is 1. The van der Waals surface area contributed by atoms with Gasteiger partial charge in [0.25, 0.3) is 0 Å². The smallest absolute Gasteiger partial charge is 0.0960 e. The van der Waals surface area contributed by atoms with E-state index in [4.69, 9.17) is 5.73 Å². The van der Waals surface area contributed by atoms with Crippen LogP contribution in [-0.4, -0.2) is 9.55 Å². The maximum Gasteiger partial charge on any atom is 0.0960 e. The number of aromatic nitrogens is 2. The minimum atomic E-state index is 0.647. The molecule has 2 N–H and O–H groups in total. The summed E-state index contributed by atoms with van der Waals surface area (Å²) in [5.74, 6) is 0.862. The van der Waals surface area contributed by atoms with Crippen LogP contribution in [0.5, 0.6) is 0 Å². The van der Waals surface area contributed by atoms with Crippen LogP contribution in [0.2, 0.25) is 0 Å². The van der Waals surface area contributed by atoms with Gasteiger partial charge in [-0.1, -0.05) is 6.92 Å². The van der Waals surface area contributed by atoms with Gasteiger partial charge >= 0.3 is 0 Å². The van der Waals surface area contributed by atoms with Crippen LogP contribution in [0.3, 0.4) is 0 Å². The fourth-order valence-electron chi connectivity index (χ4n) is 2.43. The van der Waals surface area contributed by atoms with E-state index in [2.05, 4.69) is 22.5 Å². The zero-order valence-electron chi connectivity index (χ0n) is 8.85. The first-order chi connectivity index (χ1) is 7.24. The summed E-state index contributed by atoms with van der Waals surface area (Å²) < 4.78 is 2.29. The lowest BCUT2D eigenvalue weighted by molar-refractivity contribution is 0.220. The average Bonchev–Trinajstić information content (AvgIpc) is 2.55. The molecule has 3 nitrogen and oxygen atoms in total.